The Morgan fingerprint density at radius 3 is 2.56 bits per heavy atom. The molecule has 18 heavy (non-hydrogen) atoms. The maximum atomic E-state index is 13.9. The average molecular weight is 318 g/mol. The summed E-state index contributed by atoms with van der Waals surface area (Å²) >= 11 is 3.12. The number of aryl methyl sites for hydroxylation is 1. The fraction of sp³-hybridized carbons (Fsp3) is 0.182. The van der Waals surface area contributed by atoms with Gasteiger partial charge in [0.25, 0.3) is 0 Å². The van der Waals surface area contributed by atoms with Crippen molar-refractivity contribution in [2.45, 2.75) is 0 Å². The SMILES string of the molecule is COc1c(Br)cc(F)c(F)c1-c1cc(N)n(C)n1. The van der Waals surface area contributed by atoms with Crippen LogP contribution in [0.4, 0.5) is 14.6 Å². The summed E-state index contributed by atoms with van der Waals surface area (Å²) in [6, 6.07) is 2.46. The van der Waals surface area contributed by atoms with Crippen molar-refractivity contribution in [3.8, 4) is 17.0 Å². The molecule has 0 atom stereocenters. The molecule has 0 aliphatic heterocycles. The van der Waals surface area contributed by atoms with Gasteiger partial charge in [-0.05, 0) is 22.0 Å². The molecular weight excluding hydrogens is 308 g/mol. The van der Waals surface area contributed by atoms with E-state index >= 15 is 0 Å². The van der Waals surface area contributed by atoms with Crippen molar-refractivity contribution in [3.05, 3.63) is 28.2 Å². The Hall–Kier alpha value is -1.63. The zero-order chi connectivity index (χ0) is 13.4. The van der Waals surface area contributed by atoms with Crippen LogP contribution in [0.25, 0.3) is 11.3 Å². The number of nitrogen functional groups attached to an aromatic ring is 1. The maximum Gasteiger partial charge on any atom is 0.172 e. The van der Waals surface area contributed by atoms with Crippen LogP contribution in [0.1, 0.15) is 0 Å². The first-order valence-corrected chi connectivity index (χ1v) is 5.76. The number of methoxy groups -OCH3 is 1. The molecular formula is C11H10BrF2N3O. The molecule has 0 aliphatic carbocycles. The summed E-state index contributed by atoms with van der Waals surface area (Å²) in [5, 5.41) is 4.02. The van der Waals surface area contributed by atoms with E-state index in [1.165, 1.54) is 17.9 Å². The topological polar surface area (TPSA) is 53.1 Å². The lowest BCUT2D eigenvalue weighted by Crippen LogP contribution is -1.99. The van der Waals surface area contributed by atoms with E-state index in [9.17, 15) is 8.78 Å². The highest BCUT2D eigenvalue weighted by Crippen LogP contribution is 2.39. The number of hydrogen-bond acceptors (Lipinski definition) is 3. The summed E-state index contributed by atoms with van der Waals surface area (Å²) in [6.07, 6.45) is 0. The van der Waals surface area contributed by atoms with Gasteiger partial charge in [0, 0.05) is 13.1 Å². The molecule has 2 aromatic rings. The molecule has 0 aliphatic rings. The van der Waals surface area contributed by atoms with E-state index in [0.717, 1.165) is 6.07 Å². The molecule has 0 bridgehead atoms. The predicted molar refractivity (Wildman–Crippen MR) is 67.2 cm³/mol. The van der Waals surface area contributed by atoms with Crippen molar-refractivity contribution in [2.24, 2.45) is 7.05 Å². The fourth-order valence-corrected chi connectivity index (χ4v) is 2.17. The van der Waals surface area contributed by atoms with Crippen molar-refractivity contribution in [2.75, 3.05) is 12.8 Å². The van der Waals surface area contributed by atoms with Crippen molar-refractivity contribution < 1.29 is 13.5 Å². The van der Waals surface area contributed by atoms with E-state index in [0.29, 0.717) is 10.3 Å². The molecule has 1 heterocycles. The Labute approximate surface area is 110 Å². The van der Waals surface area contributed by atoms with Crippen molar-refractivity contribution in [3.63, 3.8) is 0 Å². The van der Waals surface area contributed by atoms with Crippen molar-refractivity contribution in [1.29, 1.82) is 0 Å². The van der Waals surface area contributed by atoms with Crippen LogP contribution in [0.3, 0.4) is 0 Å². The second-order valence-electron chi connectivity index (χ2n) is 3.64. The Morgan fingerprint density at radius 1 is 1.39 bits per heavy atom. The second-order valence-corrected chi connectivity index (χ2v) is 4.49. The van der Waals surface area contributed by atoms with Crippen molar-refractivity contribution >= 4 is 21.7 Å². The molecule has 0 amide bonds. The van der Waals surface area contributed by atoms with Gasteiger partial charge in [0.05, 0.1) is 17.1 Å². The molecule has 2 N–H and O–H groups in total. The Balaban J connectivity index is 2.76. The van der Waals surface area contributed by atoms with E-state index < -0.39 is 11.6 Å². The monoisotopic (exact) mass is 317 g/mol. The van der Waals surface area contributed by atoms with E-state index in [2.05, 4.69) is 21.0 Å². The second kappa shape index (κ2) is 4.56. The van der Waals surface area contributed by atoms with Gasteiger partial charge in [-0.15, -0.1) is 0 Å². The zero-order valence-electron chi connectivity index (χ0n) is 9.67. The maximum absolute atomic E-state index is 13.9. The molecule has 2 rings (SSSR count). The van der Waals surface area contributed by atoms with Gasteiger partial charge in [-0.2, -0.15) is 5.10 Å². The minimum Gasteiger partial charge on any atom is -0.495 e. The van der Waals surface area contributed by atoms with Gasteiger partial charge in [0.15, 0.2) is 11.6 Å². The van der Waals surface area contributed by atoms with Gasteiger partial charge in [0.1, 0.15) is 17.3 Å². The minimum atomic E-state index is -1.02. The first kappa shape index (κ1) is 12.8. The number of nitrogens with two attached hydrogens (primary N) is 1. The first-order chi connectivity index (χ1) is 8.45. The van der Waals surface area contributed by atoms with Crippen LogP contribution in [0.15, 0.2) is 16.6 Å². The summed E-state index contributed by atoms with van der Waals surface area (Å²) in [7, 11) is 2.98. The summed E-state index contributed by atoms with van der Waals surface area (Å²) in [4.78, 5) is 0. The molecule has 0 spiro atoms. The molecule has 0 radical (unpaired) electrons. The summed E-state index contributed by atoms with van der Waals surface area (Å²) in [5.74, 6) is -1.49. The minimum absolute atomic E-state index is 0.0586. The highest BCUT2D eigenvalue weighted by atomic mass is 79.9. The molecule has 1 aromatic carbocycles. The van der Waals surface area contributed by atoms with Gasteiger partial charge in [0.2, 0.25) is 0 Å². The highest BCUT2D eigenvalue weighted by Gasteiger charge is 2.22. The number of aromatic nitrogens is 2. The van der Waals surface area contributed by atoms with Crippen molar-refractivity contribution in [1.82, 2.24) is 9.78 Å². The lowest BCUT2D eigenvalue weighted by Gasteiger charge is -2.10. The summed E-state index contributed by atoms with van der Waals surface area (Å²) in [6.45, 7) is 0. The van der Waals surface area contributed by atoms with E-state index in [1.807, 2.05) is 0 Å². The summed E-state index contributed by atoms with van der Waals surface area (Å²) < 4.78 is 34.1. The molecule has 1 aromatic heterocycles. The third kappa shape index (κ3) is 1.94. The van der Waals surface area contributed by atoms with Crippen LogP contribution in [0.5, 0.6) is 5.75 Å². The van der Waals surface area contributed by atoms with Crippen LogP contribution in [0.2, 0.25) is 0 Å². The third-order valence-corrected chi connectivity index (χ3v) is 3.09. The largest absolute Gasteiger partial charge is 0.495 e. The predicted octanol–water partition coefficient (Wildman–Crippen LogP) is 2.72. The van der Waals surface area contributed by atoms with Crippen LogP contribution >= 0.6 is 15.9 Å². The number of hydrogen-bond donors (Lipinski definition) is 1. The molecule has 0 saturated heterocycles. The van der Waals surface area contributed by atoms with E-state index in [1.54, 1.807) is 7.05 Å². The van der Waals surface area contributed by atoms with Gasteiger partial charge >= 0.3 is 0 Å². The molecule has 4 nitrogen and oxygen atoms in total. The van der Waals surface area contributed by atoms with E-state index in [4.69, 9.17) is 10.5 Å². The fourth-order valence-electron chi connectivity index (χ4n) is 1.61. The number of rotatable bonds is 2. The lowest BCUT2D eigenvalue weighted by molar-refractivity contribution is 0.405. The Bertz CT molecular complexity index is 593. The van der Waals surface area contributed by atoms with E-state index in [-0.39, 0.29) is 17.0 Å². The Kier molecular flexibility index (Phi) is 3.25. The number of halogens is 3. The summed E-state index contributed by atoms with van der Waals surface area (Å²) in [5.41, 5.74) is 5.78. The molecule has 0 fully saturated rings. The number of ether oxygens (including phenoxy) is 1. The molecule has 7 heteroatoms. The zero-order valence-corrected chi connectivity index (χ0v) is 11.3. The average Bonchev–Trinajstić information content (AvgIpc) is 2.63. The molecule has 0 unspecified atom stereocenters. The molecule has 96 valence electrons. The lowest BCUT2D eigenvalue weighted by atomic mass is 10.1. The smallest absolute Gasteiger partial charge is 0.172 e. The van der Waals surface area contributed by atoms with Crippen LogP contribution < -0.4 is 10.5 Å². The van der Waals surface area contributed by atoms with Gasteiger partial charge in [-0.1, -0.05) is 0 Å². The number of benzene rings is 1. The Morgan fingerprint density at radius 2 is 2.06 bits per heavy atom. The third-order valence-electron chi connectivity index (χ3n) is 2.50. The van der Waals surface area contributed by atoms with Crippen LogP contribution in [-0.2, 0) is 7.05 Å². The molecule has 0 saturated carbocycles. The number of anilines is 1. The number of nitrogens with zero attached hydrogens (tertiary/aromatic N) is 2. The van der Waals surface area contributed by atoms with Gasteiger partial charge in [-0.3, -0.25) is 4.68 Å². The normalized spacial score (nSPS) is 10.7. The van der Waals surface area contributed by atoms with Gasteiger partial charge < -0.3 is 10.5 Å². The van der Waals surface area contributed by atoms with Crippen LogP contribution in [0, 0.1) is 11.6 Å². The first-order valence-electron chi connectivity index (χ1n) is 4.97. The highest BCUT2D eigenvalue weighted by molar-refractivity contribution is 9.10. The van der Waals surface area contributed by atoms with Crippen LogP contribution in [-0.4, -0.2) is 16.9 Å². The standard InChI is InChI=1S/C11H10BrF2N3O/c1-17-8(15)4-7(16-17)9-10(14)6(13)3-5(12)11(9)18-2/h3-4H,15H2,1-2H3. The quantitative estimate of drug-likeness (QED) is 0.866. The van der Waals surface area contributed by atoms with Gasteiger partial charge in [-0.25, -0.2) is 8.78 Å².